The third kappa shape index (κ3) is 6.81. The van der Waals surface area contributed by atoms with Gasteiger partial charge in [-0.05, 0) is 85.5 Å². The smallest absolute Gasteiger partial charge is 0.416 e. The molecule has 2 fully saturated rings. The number of hydrogen-bond donors (Lipinski definition) is 0. The Labute approximate surface area is 217 Å². The van der Waals surface area contributed by atoms with Gasteiger partial charge in [0.25, 0.3) is 0 Å². The molecule has 0 radical (unpaired) electrons. The van der Waals surface area contributed by atoms with E-state index in [0.717, 1.165) is 18.4 Å². The Hall–Kier alpha value is -2.75. The number of ether oxygens (including phenoxy) is 2. The van der Waals surface area contributed by atoms with E-state index < -0.39 is 29.0 Å². The standard InChI is InChI=1S/C28H31F6NO3/c1-17(26(36)37-2)25(18-8-9-18)19-5-3-6-22(14-19)38-23-7-4-12-35(16-23)15-20-13-21(27(29,30)31)10-11-24(20)28(32,33)34/h3,5-6,10-11,13-14,17-18,23,25H,4,7-9,12,15-16H2,1-2H3/t17-,23?,25-/m0/s1. The molecule has 1 aliphatic heterocycles. The number of carbonyl (C=O) groups excluding carboxylic acids is 1. The molecule has 3 atom stereocenters. The molecule has 4 nitrogen and oxygen atoms in total. The molecule has 10 heteroatoms. The molecular weight excluding hydrogens is 512 g/mol. The maximum Gasteiger partial charge on any atom is 0.416 e. The first-order valence-electron chi connectivity index (χ1n) is 12.7. The first kappa shape index (κ1) is 28.3. The number of benzene rings is 2. The van der Waals surface area contributed by atoms with Crippen molar-refractivity contribution in [2.45, 2.75) is 63.5 Å². The van der Waals surface area contributed by atoms with Gasteiger partial charge in [-0.3, -0.25) is 9.69 Å². The van der Waals surface area contributed by atoms with E-state index in [1.54, 1.807) is 11.0 Å². The zero-order valence-corrected chi connectivity index (χ0v) is 21.2. The van der Waals surface area contributed by atoms with Gasteiger partial charge in [-0.1, -0.05) is 19.1 Å². The first-order chi connectivity index (χ1) is 17.9. The summed E-state index contributed by atoms with van der Waals surface area (Å²) in [7, 11) is 1.37. The van der Waals surface area contributed by atoms with Gasteiger partial charge in [-0.15, -0.1) is 0 Å². The Morgan fingerprint density at radius 3 is 2.39 bits per heavy atom. The molecule has 1 aliphatic carbocycles. The molecule has 2 aromatic rings. The van der Waals surface area contributed by atoms with Crippen LogP contribution in [-0.2, 0) is 28.4 Å². The lowest BCUT2D eigenvalue weighted by molar-refractivity contribution is -0.146. The number of alkyl halides is 6. The number of nitrogens with zero attached hydrogens (tertiary/aromatic N) is 1. The summed E-state index contributed by atoms with van der Waals surface area (Å²) < 4.78 is 91.3. The zero-order chi connectivity index (χ0) is 27.7. The number of esters is 1. The first-order valence-corrected chi connectivity index (χ1v) is 12.7. The monoisotopic (exact) mass is 543 g/mol. The van der Waals surface area contributed by atoms with Crippen molar-refractivity contribution in [3.05, 3.63) is 64.7 Å². The number of hydrogen-bond acceptors (Lipinski definition) is 4. The molecule has 0 N–H and O–H groups in total. The molecule has 2 aromatic carbocycles. The number of piperidine rings is 1. The zero-order valence-electron chi connectivity index (χ0n) is 21.2. The van der Waals surface area contributed by atoms with Gasteiger partial charge in [-0.2, -0.15) is 26.3 Å². The van der Waals surface area contributed by atoms with Crippen molar-refractivity contribution in [3.63, 3.8) is 0 Å². The second-order valence-electron chi connectivity index (χ2n) is 10.2. The molecule has 0 spiro atoms. The van der Waals surface area contributed by atoms with Gasteiger partial charge in [0.2, 0.25) is 0 Å². The number of carbonyl (C=O) groups is 1. The van der Waals surface area contributed by atoms with E-state index in [9.17, 15) is 31.1 Å². The molecule has 2 aliphatic rings. The largest absolute Gasteiger partial charge is 0.489 e. The summed E-state index contributed by atoms with van der Waals surface area (Å²) in [5.41, 5.74) is -1.60. The summed E-state index contributed by atoms with van der Waals surface area (Å²) in [6, 6.07) is 9.07. The number of rotatable bonds is 8. The van der Waals surface area contributed by atoms with Crippen LogP contribution in [0.2, 0.25) is 0 Å². The van der Waals surface area contributed by atoms with Gasteiger partial charge in [-0.25, -0.2) is 0 Å². The third-order valence-electron chi connectivity index (χ3n) is 7.38. The van der Waals surface area contributed by atoms with E-state index in [2.05, 4.69) is 0 Å². The minimum absolute atomic E-state index is 0.00412. The van der Waals surface area contributed by atoms with E-state index in [-0.39, 0.29) is 37.0 Å². The van der Waals surface area contributed by atoms with Gasteiger partial charge >= 0.3 is 18.3 Å². The highest BCUT2D eigenvalue weighted by atomic mass is 19.4. The molecule has 0 bridgehead atoms. The lowest BCUT2D eigenvalue weighted by Gasteiger charge is -2.33. The maximum absolute atomic E-state index is 13.5. The summed E-state index contributed by atoms with van der Waals surface area (Å²) in [6.45, 7) is 2.32. The van der Waals surface area contributed by atoms with E-state index >= 15 is 0 Å². The van der Waals surface area contributed by atoms with Crippen LogP contribution in [0.4, 0.5) is 26.3 Å². The SMILES string of the molecule is COC(=O)[C@@H](C)[C@H](c1cccc(OC2CCCN(Cc3cc(C(F)(F)F)ccc3C(F)(F)F)C2)c1)C1CC1. The fourth-order valence-electron chi connectivity index (χ4n) is 5.42. The Kier molecular flexibility index (Phi) is 8.30. The number of methoxy groups -OCH3 is 1. The van der Waals surface area contributed by atoms with Crippen LogP contribution in [0.3, 0.4) is 0 Å². The van der Waals surface area contributed by atoms with Crippen molar-refractivity contribution in [2.75, 3.05) is 20.2 Å². The van der Waals surface area contributed by atoms with E-state index in [1.807, 2.05) is 25.1 Å². The third-order valence-corrected chi connectivity index (χ3v) is 7.38. The summed E-state index contributed by atoms with van der Waals surface area (Å²) in [5, 5.41) is 0. The van der Waals surface area contributed by atoms with Crippen molar-refractivity contribution in [2.24, 2.45) is 11.8 Å². The Morgan fingerprint density at radius 2 is 1.76 bits per heavy atom. The van der Waals surface area contributed by atoms with Crippen LogP contribution in [0, 0.1) is 11.8 Å². The summed E-state index contributed by atoms with van der Waals surface area (Å²) >= 11 is 0. The van der Waals surface area contributed by atoms with Gasteiger partial charge in [0.15, 0.2) is 0 Å². The average molecular weight is 544 g/mol. The van der Waals surface area contributed by atoms with Gasteiger partial charge in [0.1, 0.15) is 11.9 Å². The molecule has 1 heterocycles. The van der Waals surface area contributed by atoms with E-state index in [0.29, 0.717) is 49.3 Å². The molecule has 38 heavy (non-hydrogen) atoms. The Morgan fingerprint density at radius 1 is 1.03 bits per heavy atom. The van der Waals surface area contributed by atoms with Gasteiger partial charge in [0.05, 0.1) is 24.2 Å². The van der Waals surface area contributed by atoms with Gasteiger partial charge in [0, 0.05) is 13.1 Å². The Bertz CT molecular complexity index is 1130. The second kappa shape index (κ2) is 11.2. The second-order valence-corrected chi connectivity index (χ2v) is 10.2. The van der Waals surface area contributed by atoms with Crippen LogP contribution in [0.5, 0.6) is 5.75 Å². The molecule has 208 valence electrons. The van der Waals surface area contributed by atoms with Crippen LogP contribution in [0.25, 0.3) is 0 Å². The summed E-state index contributed by atoms with van der Waals surface area (Å²) in [4.78, 5) is 13.9. The van der Waals surface area contributed by atoms with Crippen LogP contribution in [-0.4, -0.2) is 37.2 Å². The predicted molar refractivity (Wildman–Crippen MR) is 128 cm³/mol. The Balaban J connectivity index is 1.48. The van der Waals surface area contributed by atoms with Crippen molar-refractivity contribution in [1.29, 1.82) is 0 Å². The molecule has 0 aromatic heterocycles. The van der Waals surface area contributed by atoms with E-state index in [4.69, 9.17) is 9.47 Å². The molecule has 1 saturated carbocycles. The van der Waals surface area contributed by atoms with Crippen LogP contribution < -0.4 is 4.74 Å². The van der Waals surface area contributed by atoms with Crippen LogP contribution in [0.1, 0.15) is 60.8 Å². The van der Waals surface area contributed by atoms with E-state index in [1.165, 1.54) is 7.11 Å². The van der Waals surface area contributed by atoms with Crippen molar-refractivity contribution in [3.8, 4) is 5.75 Å². The topological polar surface area (TPSA) is 38.8 Å². The fraction of sp³-hybridized carbons (Fsp3) is 0.536. The minimum Gasteiger partial charge on any atom is -0.489 e. The maximum atomic E-state index is 13.5. The van der Waals surface area contributed by atoms with Crippen molar-refractivity contribution >= 4 is 5.97 Å². The highest BCUT2D eigenvalue weighted by molar-refractivity contribution is 5.73. The minimum atomic E-state index is -4.76. The lowest BCUT2D eigenvalue weighted by atomic mass is 9.83. The highest BCUT2D eigenvalue weighted by Crippen LogP contribution is 2.47. The van der Waals surface area contributed by atoms with Crippen molar-refractivity contribution in [1.82, 2.24) is 4.90 Å². The quantitative estimate of drug-likeness (QED) is 0.264. The molecule has 4 rings (SSSR count). The normalized spacial score (nSPS) is 20.6. The lowest BCUT2D eigenvalue weighted by Crippen LogP contribution is -2.41. The molecule has 1 saturated heterocycles. The summed E-state index contributed by atoms with van der Waals surface area (Å²) in [5.74, 6) is 0.384. The number of halogens is 6. The van der Waals surface area contributed by atoms with Gasteiger partial charge < -0.3 is 9.47 Å². The predicted octanol–water partition coefficient (Wildman–Crippen LogP) is 7.07. The average Bonchev–Trinajstić information content (AvgIpc) is 3.68. The molecule has 1 unspecified atom stereocenters. The fourth-order valence-corrected chi connectivity index (χ4v) is 5.42. The van der Waals surface area contributed by atoms with Crippen LogP contribution in [0.15, 0.2) is 42.5 Å². The van der Waals surface area contributed by atoms with Crippen molar-refractivity contribution < 1.29 is 40.6 Å². The van der Waals surface area contributed by atoms with Crippen LogP contribution >= 0.6 is 0 Å². The molecular formula is C28H31F6NO3. The molecule has 0 amide bonds. The number of likely N-dealkylation sites (tertiary alicyclic amines) is 1. The highest BCUT2D eigenvalue weighted by Gasteiger charge is 2.40. The summed E-state index contributed by atoms with van der Waals surface area (Å²) in [6.07, 6.45) is -6.47.